The molecule has 27 heavy (non-hydrogen) atoms. The number of phenols is 3. The molecule has 0 saturated carbocycles. The van der Waals surface area contributed by atoms with Crippen LogP contribution in [0.3, 0.4) is 0 Å². The maximum absolute atomic E-state index is 9.91. The fraction of sp³-hybridized carbons (Fsp3) is 0.250. The van der Waals surface area contributed by atoms with Gasteiger partial charge >= 0.3 is 0 Å². The molecule has 3 N–H and O–H groups in total. The van der Waals surface area contributed by atoms with E-state index in [2.05, 4.69) is 6.92 Å². The summed E-state index contributed by atoms with van der Waals surface area (Å²) in [6, 6.07) is 18.9. The van der Waals surface area contributed by atoms with E-state index in [9.17, 15) is 15.3 Å². The van der Waals surface area contributed by atoms with Crippen molar-refractivity contribution < 1.29 is 15.3 Å². The zero-order valence-electron chi connectivity index (χ0n) is 16.0. The van der Waals surface area contributed by atoms with Crippen molar-refractivity contribution in [2.75, 3.05) is 0 Å². The third-order valence-electron chi connectivity index (χ3n) is 5.39. The molecule has 0 aliphatic heterocycles. The lowest BCUT2D eigenvalue weighted by molar-refractivity contribution is 0.468. The van der Waals surface area contributed by atoms with Crippen molar-refractivity contribution in [3.05, 3.63) is 88.5 Å². The van der Waals surface area contributed by atoms with Gasteiger partial charge in [-0.05, 0) is 84.2 Å². The maximum Gasteiger partial charge on any atom is 0.118 e. The number of rotatable bonds is 5. The normalized spacial score (nSPS) is 13.3. The second-order valence-electron chi connectivity index (χ2n) is 7.36. The topological polar surface area (TPSA) is 60.7 Å². The molecular formula is C24H26O3. The molecule has 0 aliphatic rings. The van der Waals surface area contributed by atoms with Gasteiger partial charge in [0, 0.05) is 0 Å². The van der Waals surface area contributed by atoms with Crippen molar-refractivity contribution in [1.82, 2.24) is 0 Å². The summed E-state index contributed by atoms with van der Waals surface area (Å²) in [6.07, 6.45) is 0.811. The van der Waals surface area contributed by atoms with E-state index in [1.54, 1.807) is 24.3 Å². The van der Waals surface area contributed by atoms with Crippen LogP contribution in [0.5, 0.6) is 17.2 Å². The van der Waals surface area contributed by atoms with Gasteiger partial charge in [0.2, 0.25) is 0 Å². The predicted molar refractivity (Wildman–Crippen MR) is 109 cm³/mol. The molecule has 140 valence electrons. The molecule has 2 atom stereocenters. The molecule has 3 aromatic rings. The molecule has 0 aliphatic carbocycles. The fourth-order valence-corrected chi connectivity index (χ4v) is 3.57. The van der Waals surface area contributed by atoms with Gasteiger partial charge in [-0.25, -0.2) is 0 Å². The van der Waals surface area contributed by atoms with Crippen LogP contribution in [0.15, 0.2) is 60.7 Å². The average molecular weight is 362 g/mol. The van der Waals surface area contributed by atoms with E-state index in [4.69, 9.17) is 0 Å². The summed E-state index contributed by atoms with van der Waals surface area (Å²) in [5, 5.41) is 29.3. The summed E-state index contributed by atoms with van der Waals surface area (Å²) in [5.41, 5.74) is 5.20. The quantitative estimate of drug-likeness (QED) is 0.557. The van der Waals surface area contributed by atoms with E-state index in [-0.39, 0.29) is 17.6 Å². The minimum Gasteiger partial charge on any atom is -0.508 e. The van der Waals surface area contributed by atoms with Crippen molar-refractivity contribution in [3.63, 3.8) is 0 Å². The molecule has 3 heteroatoms. The van der Waals surface area contributed by atoms with Gasteiger partial charge in [-0.2, -0.15) is 0 Å². The number of phenolic OH excluding ortho intramolecular Hbond substituents is 3. The highest BCUT2D eigenvalue weighted by atomic mass is 16.3. The van der Waals surface area contributed by atoms with Crippen molar-refractivity contribution in [2.45, 2.75) is 39.0 Å². The maximum atomic E-state index is 9.91. The minimum absolute atomic E-state index is 0.192. The van der Waals surface area contributed by atoms with Crippen LogP contribution in [-0.4, -0.2) is 15.3 Å². The highest BCUT2D eigenvalue weighted by Gasteiger charge is 2.22. The second kappa shape index (κ2) is 7.75. The number of hydrogen-bond acceptors (Lipinski definition) is 3. The van der Waals surface area contributed by atoms with Gasteiger partial charge in [0.25, 0.3) is 0 Å². The summed E-state index contributed by atoms with van der Waals surface area (Å²) >= 11 is 0. The van der Waals surface area contributed by atoms with Gasteiger partial charge in [-0.15, -0.1) is 0 Å². The summed E-state index contributed by atoms with van der Waals surface area (Å²) in [4.78, 5) is 0. The van der Waals surface area contributed by atoms with Gasteiger partial charge in [0.1, 0.15) is 17.2 Å². The summed E-state index contributed by atoms with van der Waals surface area (Å²) in [7, 11) is 0. The molecule has 3 nitrogen and oxygen atoms in total. The standard InChI is InChI=1S/C24H26O3/c1-15-12-19(6-10-23(15)26)17(3)22(14-18-4-8-21(25)9-5-18)20-7-11-24(27)16(2)13-20/h4-13,17,22,25-27H,14H2,1-3H3. The SMILES string of the molecule is Cc1cc(C(C)C(Cc2ccc(O)cc2)c2ccc(O)c(C)c2)ccc1O. The lowest BCUT2D eigenvalue weighted by Gasteiger charge is -2.26. The Balaban J connectivity index is 2.00. The Bertz CT molecular complexity index is 929. The average Bonchev–Trinajstić information content (AvgIpc) is 2.65. The van der Waals surface area contributed by atoms with Gasteiger partial charge in [0.15, 0.2) is 0 Å². The Morgan fingerprint density at radius 3 is 1.78 bits per heavy atom. The molecule has 0 bridgehead atoms. The van der Waals surface area contributed by atoms with E-state index in [0.29, 0.717) is 11.5 Å². The first kappa shape index (κ1) is 18.8. The van der Waals surface area contributed by atoms with E-state index in [1.165, 1.54) is 5.56 Å². The van der Waals surface area contributed by atoms with E-state index < -0.39 is 0 Å². The van der Waals surface area contributed by atoms with Crippen molar-refractivity contribution in [1.29, 1.82) is 0 Å². The van der Waals surface area contributed by atoms with Crippen LogP contribution in [0.1, 0.15) is 46.6 Å². The van der Waals surface area contributed by atoms with Crippen LogP contribution < -0.4 is 0 Å². The summed E-state index contributed by atoms with van der Waals surface area (Å²) in [6.45, 7) is 6.01. The van der Waals surface area contributed by atoms with Crippen LogP contribution in [-0.2, 0) is 6.42 Å². The molecule has 0 amide bonds. The number of aromatic hydroxyl groups is 3. The first-order chi connectivity index (χ1) is 12.8. The smallest absolute Gasteiger partial charge is 0.118 e. The van der Waals surface area contributed by atoms with Crippen LogP contribution in [0.4, 0.5) is 0 Å². The Kier molecular flexibility index (Phi) is 5.41. The Morgan fingerprint density at radius 2 is 1.22 bits per heavy atom. The molecule has 0 saturated heterocycles. The highest BCUT2D eigenvalue weighted by Crippen LogP contribution is 2.38. The summed E-state index contributed by atoms with van der Waals surface area (Å²) in [5.74, 6) is 1.27. The van der Waals surface area contributed by atoms with Gasteiger partial charge < -0.3 is 15.3 Å². The molecule has 0 aromatic heterocycles. The minimum atomic E-state index is 0.192. The van der Waals surface area contributed by atoms with Gasteiger partial charge in [0.05, 0.1) is 0 Å². The molecule has 0 radical (unpaired) electrons. The lowest BCUT2D eigenvalue weighted by atomic mass is 9.78. The second-order valence-corrected chi connectivity index (χ2v) is 7.36. The molecule has 3 rings (SSSR count). The first-order valence-corrected chi connectivity index (χ1v) is 9.22. The number of hydrogen-bond donors (Lipinski definition) is 3. The van der Waals surface area contributed by atoms with E-state index in [0.717, 1.165) is 28.7 Å². The largest absolute Gasteiger partial charge is 0.508 e. The van der Waals surface area contributed by atoms with Crippen LogP contribution in [0.2, 0.25) is 0 Å². The monoisotopic (exact) mass is 362 g/mol. The van der Waals surface area contributed by atoms with Crippen LogP contribution in [0.25, 0.3) is 0 Å². The Labute approximate surface area is 160 Å². The fourth-order valence-electron chi connectivity index (χ4n) is 3.57. The first-order valence-electron chi connectivity index (χ1n) is 9.22. The zero-order valence-corrected chi connectivity index (χ0v) is 16.0. The zero-order chi connectivity index (χ0) is 19.6. The molecule has 3 aromatic carbocycles. The Morgan fingerprint density at radius 1 is 0.704 bits per heavy atom. The third kappa shape index (κ3) is 4.25. The van der Waals surface area contributed by atoms with Crippen LogP contribution >= 0.6 is 0 Å². The van der Waals surface area contributed by atoms with E-state index in [1.807, 2.05) is 50.2 Å². The Hall–Kier alpha value is -2.94. The van der Waals surface area contributed by atoms with Crippen LogP contribution in [0, 0.1) is 13.8 Å². The van der Waals surface area contributed by atoms with Crippen molar-refractivity contribution in [3.8, 4) is 17.2 Å². The molecule has 0 fully saturated rings. The lowest BCUT2D eigenvalue weighted by Crippen LogP contribution is -2.12. The van der Waals surface area contributed by atoms with Gasteiger partial charge in [-0.1, -0.05) is 43.3 Å². The van der Waals surface area contributed by atoms with Gasteiger partial charge in [-0.3, -0.25) is 0 Å². The third-order valence-corrected chi connectivity index (χ3v) is 5.39. The predicted octanol–water partition coefficient (Wildman–Crippen LogP) is 5.55. The van der Waals surface area contributed by atoms with E-state index >= 15 is 0 Å². The van der Waals surface area contributed by atoms with Crippen molar-refractivity contribution >= 4 is 0 Å². The molecular weight excluding hydrogens is 336 g/mol. The molecule has 0 heterocycles. The highest BCUT2D eigenvalue weighted by molar-refractivity contribution is 5.41. The molecule has 2 unspecified atom stereocenters. The summed E-state index contributed by atoms with van der Waals surface area (Å²) < 4.78 is 0. The molecule has 0 spiro atoms. The van der Waals surface area contributed by atoms with Crippen molar-refractivity contribution in [2.24, 2.45) is 0 Å². The number of benzene rings is 3. The number of aryl methyl sites for hydroxylation is 2.